The molecule has 0 aromatic heterocycles. The second-order valence-electron chi connectivity index (χ2n) is 3.37. The zero-order chi connectivity index (χ0) is 12.0. The van der Waals surface area contributed by atoms with E-state index in [2.05, 4.69) is 6.07 Å². The van der Waals surface area contributed by atoms with E-state index in [4.69, 9.17) is 0 Å². The number of unbranched alkanes of at least 4 members (excludes halogenated alkanes) is 1. The molecule has 4 nitrogen and oxygen atoms in total. The van der Waals surface area contributed by atoms with Crippen molar-refractivity contribution in [1.82, 2.24) is 4.72 Å². The first-order chi connectivity index (χ1) is 7.56. The lowest BCUT2D eigenvalue weighted by Gasteiger charge is -2.05. The van der Waals surface area contributed by atoms with E-state index in [1.165, 1.54) is 24.3 Å². The van der Waals surface area contributed by atoms with Gasteiger partial charge < -0.3 is 0 Å². The first kappa shape index (κ1) is 12.7. The van der Waals surface area contributed by atoms with Crippen LogP contribution in [-0.4, -0.2) is 14.3 Å². The molecular weight excluding hydrogens is 226 g/mol. The van der Waals surface area contributed by atoms with Crippen LogP contribution < -0.4 is 4.72 Å². The van der Waals surface area contributed by atoms with Gasteiger partial charge in [0.15, 0.2) is 0 Å². The normalized spacial score (nSPS) is 11.1. The van der Waals surface area contributed by atoms with Gasteiger partial charge in [-0.25, -0.2) is 13.1 Å². The molecule has 0 spiro atoms. The monoisotopic (exact) mass is 240 g/mol. The van der Waals surface area contributed by atoms with Crippen molar-refractivity contribution in [1.29, 1.82) is 0 Å². The number of carbonyl (C=O) groups excluding carboxylic acids is 1. The van der Waals surface area contributed by atoms with Crippen LogP contribution in [0.3, 0.4) is 0 Å². The molecule has 1 aromatic carbocycles. The SMILES string of the molecule is CCCCC(=O)NS(=O)(=O)c1cc[c]cc1. The highest BCUT2D eigenvalue weighted by atomic mass is 32.2. The summed E-state index contributed by atoms with van der Waals surface area (Å²) in [6.45, 7) is 1.94. The molecule has 1 amide bonds. The topological polar surface area (TPSA) is 63.2 Å². The molecule has 0 aliphatic rings. The van der Waals surface area contributed by atoms with E-state index in [1.807, 2.05) is 11.6 Å². The molecule has 0 heterocycles. The van der Waals surface area contributed by atoms with Gasteiger partial charge in [0.1, 0.15) is 0 Å². The van der Waals surface area contributed by atoms with Crippen LogP contribution in [0.2, 0.25) is 0 Å². The Balaban J connectivity index is 2.70. The quantitative estimate of drug-likeness (QED) is 0.848. The number of hydrogen-bond acceptors (Lipinski definition) is 3. The Hall–Kier alpha value is -1.36. The minimum Gasteiger partial charge on any atom is -0.274 e. The Bertz CT molecular complexity index is 440. The number of hydrogen-bond donors (Lipinski definition) is 1. The van der Waals surface area contributed by atoms with Crippen LogP contribution in [0.5, 0.6) is 0 Å². The average molecular weight is 240 g/mol. The minimum absolute atomic E-state index is 0.0797. The smallest absolute Gasteiger partial charge is 0.264 e. The van der Waals surface area contributed by atoms with Crippen LogP contribution in [-0.2, 0) is 14.8 Å². The predicted octanol–water partition coefficient (Wildman–Crippen LogP) is 1.48. The van der Waals surface area contributed by atoms with Crippen molar-refractivity contribution >= 4 is 15.9 Å². The minimum atomic E-state index is -3.71. The molecule has 1 aromatic rings. The Kier molecular flexibility index (Phi) is 4.49. The summed E-state index contributed by atoms with van der Waals surface area (Å²) < 4.78 is 25.3. The maximum atomic E-state index is 11.7. The fourth-order valence-electron chi connectivity index (χ4n) is 1.15. The van der Waals surface area contributed by atoms with E-state index in [1.54, 1.807) is 0 Å². The van der Waals surface area contributed by atoms with Crippen LogP contribution in [0.25, 0.3) is 0 Å². The van der Waals surface area contributed by atoms with Gasteiger partial charge in [0.05, 0.1) is 4.90 Å². The highest BCUT2D eigenvalue weighted by Crippen LogP contribution is 2.07. The zero-order valence-electron chi connectivity index (χ0n) is 9.06. The summed E-state index contributed by atoms with van der Waals surface area (Å²) in [4.78, 5) is 11.4. The molecule has 0 saturated heterocycles. The molecular formula is C11H14NO3S. The van der Waals surface area contributed by atoms with E-state index < -0.39 is 15.9 Å². The maximum absolute atomic E-state index is 11.7. The number of nitrogens with one attached hydrogen (secondary N) is 1. The lowest BCUT2D eigenvalue weighted by Crippen LogP contribution is -2.30. The fraction of sp³-hybridized carbons (Fsp3) is 0.364. The third kappa shape index (κ3) is 3.66. The van der Waals surface area contributed by atoms with Gasteiger partial charge in [-0.2, -0.15) is 0 Å². The number of amides is 1. The van der Waals surface area contributed by atoms with Crippen molar-refractivity contribution in [2.45, 2.75) is 31.1 Å². The van der Waals surface area contributed by atoms with Gasteiger partial charge in [-0.05, 0) is 24.6 Å². The van der Waals surface area contributed by atoms with E-state index >= 15 is 0 Å². The standard InChI is InChI=1S/C11H14NO3S/c1-2-3-9-11(13)12-16(14,15)10-7-5-4-6-8-10/h5-8H,2-3,9H2,1H3,(H,12,13). The van der Waals surface area contributed by atoms with E-state index in [-0.39, 0.29) is 11.3 Å². The summed E-state index contributed by atoms with van der Waals surface area (Å²) in [5, 5.41) is 0. The van der Waals surface area contributed by atoms with Gasteiger partial charge in [-0.15, -0.1) is 0 Å². The van der Waals surface area contributed by atoms with Gasteiger partial charge in [0.25, 0.3) is 10.0 Å². The molecule has 0 saturated carbocycles. The first-order valence-electron chi connectivity index (χ1n) is 5.08. The third-order valence-electron chi connectivity index (χ3n) is 2.00. The highest BCUT2D eigenvalue weighted by Gasteiger charge is 2.16. The number of sulfonamides is 1. The number of rotatable bonds is 5. The second kappa shape index (κ2) is 5.65. The summed E-state index contributed by atoms with van der Waals surface area (Å²) in [7, 11) is -3.71. The lowest BCUT2D eigenvalue weighted by molar-refractivity contribution is -0.119. The van der Waals surface area contributed by atoms with Crippen LogP contribution in [0.1, 0.15) is 26.2 Å². The second-order valence-corrected chi connectivity index (χ2v) is 5.05. The average Bonchev–Trinajstić information content (AvgIpc) is 2.27. The molecule has 87 valence electrons. The molecule has 0 aliphatic heterocycles. The van der Waals surface area contributed by atoms with Crippen LogP contribution >= 0.6 is 0 Å². The van der Waals surface area contributed by atoms with Gasteiger partial charge in [-0.1, -0.05) is 25.5 Å². The molecule has 16 heavy (non-hydrogen) atoms. The van der Waals surface area contributed by atoms with E-state index in [0.717, 1.165) is 6.42 Å². The first-order valence-corrected chi connectivity index (χ1v) is 6.56. The van der Waals surface area contributed by atoms with Gasteiger partial charge >= 0.3 is 0 Å². The van der Waals surface area contributed by atoms with Crippen molar-refractivity contribution in [3.05, 3.63) is 30.3 Å². The molecule has 5 heteroatoms. The van der Waals surface area contributed by atoms with Crippen LogP contribution in [0.4, 0.5) is 0 Å². The van der Waals surface area contributed by atoms with Crippen molar-refractivity contribution in [2.75, 3.05) is 0 Å². The molecule has 1 rings (SSSR count). The predicted molar refractivity (Wildman–Crippen MR) is 60.1 cm³/mol. The Morgan fingerprint density at radius 1 is 1.38 bits per heavy atom. The molecule has 1 radical (unpaired) electrons. The van der Waals surface area contributed by atoms with Crippen molar-refractivity contribution in [3.63, 3.8) is 0 Å². The van der Waals surface area contributed by atoms with E-state index in [9.17, 15) is 13.2 Å². The number of carbonyl (C=O) groups is 1. The Morgan fingerprint density at radius 2 is 2.00 bits per heavy atom. The molecule has 0 bridgehead atoms. The summed E-state index contributed by atoms with van der Waals surface area (Å²) in [5.74, 6) is -0.463. The largest absolute Gasteiger partial charge is 0.274 e. The molecule has 0 unspecified atom stereocenters. The van der Waals surface area contributed by atoms with Crippen LogP contribution in [0, 0.1) is 6.07 Å². The third-order valence-corrected chi connectivity index (χ3v) is 3.39. The van der Waals surface area contributed by atoms with Crippen molar-refractivity contribution < 1.29 is 13.2 Å². The molecule has 0 atom stereocenters. The molecule has 0 fully saturated rings. The van der Waals surface area contributed by atoms with Gasteiger partial charge in [0.2, 0.25) is 5.91 Å². The van der Waals surface area contributed by atoms with Gasteiger partial charge in [0, 0.05) is 6.42 Å². The fourth-order valence-corrected chi connectivity index (χ4v) is 2.16. The van der Waals surface area contributed by atoms with Crippen molar-refractivity contribution in [2.24, 2.45) is 0 Å². The Morgan fingerprint density at radius 3 is 2.56 bits per heavy atom. The lowest BCUT2D eigenvalue weighted by atomic mass is 10.2. The zero-order valence-corrected chi connectivity index (χ0v) is 9.88. The number of benzene rings is 1. The molecule has 0 aliphatic carbocycles. The van der Waals surface area contributed by atoms with Crippen LogP contribution in [0.15, 0.2) is 29.2 Å². The molecule has 1 N–H and O–H groups in total. The highest BCUT2D eigenvalue weighted by molar-refractivity contribution is 7.90. The maximum Gasteiger partial charge on any atom is 0.264 e. The van der Waals surface area contributed by atoms with E-state index in [0.29, 0.717) is 6.42 Å². The van der Waals surface area contributed by atoms with Gasteiger partial charge in [-0.3, -0.25) is 4.79 Å². The summed E-state index contributed by atoms with van der Waals surface area (Å²) in [6, 6.07) is 8.49. The summed E-state index contributed by atoms with van der Waals surface area (Å²) in [6.07, 6.45) is 1.77. The summed E-state index contributed by atoms with van der Waals surface area (Å²) >= 11 is 0. The Labute approximate surface area is 95.7 Å². The van der Waals surface area contributed by atoms with Crippen molar-refractivity contribution in [3.8, 4) is 0 Å². The summed E-state index contributed by atoms with van der Waals surface area (Å²) in [5.41, 5.74) is 0.